The van der Waals surface area contributed by atoms with E-state index in [0.29, 0.717) is 16.3 Å². The summed E-state index contributed by atoms with van der Waals surface area (Å²) in [6.07, 6.45) is 0.255. The standard InChI is InChI=1S/C16H14ClNO2/c1-11(19)16-13(17)8-5-9-14(16)18-15(20)10-12-6-3-2-4-7-12/h2-9H,10H2,1H3,(H,18,20). The number of rotatable bonds is 4. The summed E-state index contributed by atoms with van der Waals surface area (Å²) in [5.41, 5.74) is 1.71. The minimum atomic E-state index is -0.180. The molecule has 0 fully saturated rings. The van der Waals surface area contributed by atoms with Gasteiger partial charge in [0.1, 0.15) is 0 Å². The van der Waals surface area contributed by atoms with Gasteiger partial charge in [0, 0.05) is 0 Å². The van der Waals surface area contributed by atoms with E-state index in [1.54, 1.807) is 18.2 Å². The number of carbonyl (C=O) groups is 2. The van der Waals surface area contributed by atoms with Gasteiger partial charge in [-0.2, -0.15) is 0 Å². The van der Waals surface area contributed by atoms with Crippen molar-refractivity contribution in [2.45, 2.75) is 13.3 Å². The number of Topliss-reactive ketones (excluding diaryl/α,β-unsaturated/α-hetero) is 1. The molecule has 0 aliphatic rings. The number of benzene rings is 2. The lowest BCUT2D eigenvalue weighted by Gasteiger charge is -2.10. The molecule has 0 atom stereocenters. The van der Waals surface area contributed by atoms with Crippen molar-refractivity contribution in [1.82, 2.24) is 0 Å². The summed E-state index contributed by atoms with van der Waals surface area (Å²) < 4.78 is 0. The molecule has 1 amide bonds. The van der Waals surface area contributed by atoms with Gasteiger partial charge in [-0.3, -0.25) is 9.59 Å². The molecule has 102 valence electrons. The fourth-order valence-electron chi connectivity index (χ4n) is 1.96. The number of hydrogen-bond acceptors (Lipinski definition) is 2. The van der Waals surface area contributed by atoms with Gasteiger partial charge in [0.25, 0.3) is 0 Å². The summed E-state index contributed by atoms with van der Waals surface area (Å²) in [6, 6.07) is 14.4. The van der Waals surface area contributed by atoms with Gasteiger partial charge in [0.15, 0.2) is 5.78 Å². The second kappa shape index (κ2) is 6.35. The Kier molecular flexibility index (Phi) is 4.53. The molecule has 3 nitrogen and oxygen atoms in total. The highest BCUT2D eigenvalue weighted by Gasteiger charge is 2.13. The third-order valence-corrected chi connectivity index (χ3v) is 3.16. The van der Waals surface area contributed by atoms with E-state index in [9.17, 15) is 9.59 Å². The van der Waals surface area contributed by atoms with Gasteiger partial charge < -0.3 is 5.32 Å². The van der Waals surface area contributed by atoms with Gasteiger partial charge in [-0.05, 0) is 24.6 Å². The first kappa shape index (κ1) is 14.3. The van der Waals surface area contributed by atoms with Crippen LogP contribution < -0.4 is 5.32 Å². The zero-order valence-electron chi connectivity index (χ0n) is 11.0. The molecule has 0 radical (unpaired) electrons. The molecular formula is C16H14ClNO2. The molecule has 0 aliphatic heterocycles. The second-order valence-corrected chi connectivity index (χ2v) is 4.84. The van der Waals surface area contributed by atoms with Crippen LogP contribution in [-0.2, 0) is 11.2 Å². The maximum atomic E-state index is 12.0. The van der Waals surface area contributed by atoms with E-state index in [2.05, 4.69) is 5.32 Å². The van der Waals surface area contributed by atoms with Gasteiger partial charge in [-0.1, -0.05) is 48.0 Å². The first-order valence-electron chi connectivity index (χ1n) is 6.21. The lowest BCUT2D eigenvalue weighted by atomic mass is 10.1. The SMILES string of the molecule is CC(=O)c1c(Cl)cccc1NC(=O)Cc1ccccc1. The smallest absolute Gasteiger partial charge is 0.228 e. The Morgan fingerprint density at radius 1 is 1.05 bits per heavy atom. The Morgan fingerprint density at radius 3 is 2.40 bits per heavy atom. The number of carbonyl (C=O) groups excluding carboxylic acids is 2. The molecule has 20 heavy (non-hydrogen) atoms. The van der Waals surface area contributed by atoms with Crippen LogP contribution >= 0.6 is 11.6 Å². The van der Waals surface area contributed by atoms with Gasteiger partial charge in [0.2, 0.25) is 5.91 Å². The van der Waals surface area contributed by atoms with Gasteiger partial charge in [-0.15, -0.1) is 0 Å². The second-order valence-electron chi connectivity index (χ2n) is 4.43. The number of anilines is 1. The molecule has 0 aliphatic carbocycles. The maximum Gasteiger partial charge on any atom is 0.228 e. The van der Waals surface area contributed by atoms with E-state index >= 15 is 0 Å². The molecule has 0 saturated carbocycles. The summed E-state index contributed by atoms with van der Waals surface area (Å²) in [4.78, 5) is 23.6. The highest BCUT2D eigenvalue weighted by Crippen LogP contribution is 2.25. The third kappa shape index (κ3) is 3.45. The predicted molar refractivity (Wildman–Crippen MR) is 80.2 cm³/mol. The van der Waals surface area contributed by atoms with Crippen molar-refractivity contribution in [3.63, 3.8) is 0 Å². The summed E-state index contributed by atoms with van der Waals surface area (Å²) in [5, 5.41) is 3.08. The van der Waals surface area contributed by atoms with E-state index in [1.165, 1.54) is 6.92 Å². The minimum absolute atomic E-state index is 0.175. The van der Waals surface area contributed by atoms with Crippen LogP contribution in [0.3, 0.4) is 0 Å². The fourth-order valence-corrected chi connectivity index (χ4v) is 2.27. The van der Waals surface area contributed by atoms with Crippen molar-refractivity contribution in [2.24, 2.45) is 0 Å². The van der Waals surface area contributed by atoms with Crippen molar-refractivity contribution in [3.05, 3.63) is 64.7 Å². The zero-order chi connectivity index (χ0) is 14.5. The molecule has 0 spiro atoms. The Morgan fingerprint density at radius 2 is 1.75 bits per heavy atom. The van der Waals surface area contributed by atoms with Crippen molar-refractivity contribution in [2.75, 3.05) is 5.32 Å². The monoisotopic (exact) mass is 287 g/mol. The van der Waals surface area contributed by atoms with Crippen LogP contribution in [0.1, 0.15) is 22.8 Å². The molecular weight excluding hydrogens is 274 g/mol. The van der Waals surface area contributed by atoms with Gasteiger partial charge in [-0.25, -0.2) is 0 Å². The van der Waals surface area contributed by atoms with E-state index in [4.69, 9.17) is 11.6 Å². The number of amides is 1. The Labute approximate surface area is 122 Å². The third-order valence-electron chi connectivity index (χ3n) is 2.85. The van der Waals surface area contributed by atoms with Crippen LogP contribution in [0, 0.1) is 0 Å². The molecule has 1 N–H and O–H groups in total. The number of nitrogens with one attached hydrogen (secondary N) is 1. The van der Waals surface area contributed by atoms with Crippen LogP contribution in [-0.4, -0.2) is 11.7 Å². The quantitative estimate of drug-likeness (QED) is 0.871. The van der Waals surface area contributed by atoms with Crippen molar-refractivity contribution < 1.29 is 9.59 Å². The summed E-state index contributed by atoms with van der Waals surface area (Å²) in [6.45, 7) is 1.42. The van der Waals surface area contributed by atoms with Crippen molar-refractivity contribution in [1.29, 1.82) is 0 Å². The molecule has 0 heterocycles. The molecule has 0 aromatic heterocycles. The predicted octanol–water partition coefficient (Wildman–Crippen LogP) is 3.72. The highest BCUT2D eigenvalue weighted by molar-refractivity contribution is 6.34. The lowest BCUT2D eigenvalue weighted by molar-refractivity contribution is -0.115. The number of hydrogen-bond donors (Lipinski definition) is 1. The molecule has 2 aromatic carbocycles. The molecule has 2 rings (SSSR count). The normalized spacial score (nSPS) is 10.1. The number of halogens is 1. The Bertz CT molecular complexity index is 638. The van der Waals surface area contributed by atoms with E-state index in [-0.39, 0.29) is 18.1 Å². The zero-order valence-corrected chi connectivity index (χ0v) is 11.8. The van der Waals surface area contributed by atoms with Crippen LogP contribution in [0.15, 0.2) is 48.5 Å². The Hall–Kier alpha value is -2.13. The summed E-state index contributed by atoms with van der Waals surface area (Å²) >= 11 is 6.00. The highest BCUT2D eigenvalue weighted by atomic mass is 35.5. The van der Waals surface area contributed by atoms with Crippen LogP contribution in [0.4, 0.5) is 5.69 Å². The van der Waals surface area contributed by atoms with Crippen LogP contribution in [0.5, 0.6) is 0 Å². The maximum absolute atomic E-state index is 12.0. The van der Waals surface area contributed by atoms with Crippen LogP contribution in [0.2, 0.25) is 5.02 Å². The van der Waals surface area contributed by atoms with Crippen molar-refractivity contribution in [3.8, 4) is 0 Å². The minimum Gasteiger partial charge on any atom is -0.325 e. The molecule has 0 bridgehead atoms. The average molecular weight is 288 g/mol. The fraction of sp³-hybridized carbons (Fsp3) is 0.125. The molecule has 2 aromatic rings. The lowest BCUT2D eigenvalue weighted by Crippen LogP contribution is -2.16. The van der Waals surface area contributed by atoms with Gasteiger partial charge in [0.05, 0.1) is 22.7 Å². The number of ketones is 1. The summed E-state index contributed by atoms with van der Waals surface area (Å²) in [7, 11) is 0. The molecule has 0 saturated heterocycles. The average Bonchev–Trinajstić information content (AvgIpc) is 2.39. The van der Waals surface area contributed by atoms with E-state index < -0.39 is 0 Å². The van der Waals surface area contributed by atoms with Crippen LogP contribution in [0.25, 0.3) is 0 Å². The Balaban J connectivity index is 2.16. The first-order valence-corrected chi connectivity index (χ1v) is 6.59. The van der Waals surface area contributed by atoms with Crippen molar-refractivity contribution >= 4 is 29.0 Å². The summed E-state index contributed by atoms with van der Waals surface area (Å²) in [5.74, 6) is -0.355. The molecule has 4 heteroatoms. The molecule has 0 unspecified atom stereocenters. The topological polar surface area (TPSA) is 46.2 Å². The van der Waals surface area contributed by atoms with E-state index in [0.717, 1.165) is 5.56 Å². The largest absolute Gasteiger partial charge is 0.325 e. The van der Waals surface area contributed by atoms with E-state index in [1.807, 2.05) is 30.3 Å². The van der Waals surface area contributed by atoms with Gasteiger partial charge >= 0.3 is 0 Å². The first-order chi connectivity index (χ1) is 9.58.